The van der Waals surface area contributed by atoms with E-state index in [1.807, 2.05) is 0 Å². The third kappa shape index (κ3) is 3.21. The van der Waals surface area contributed by atoms with E-state index < -0.39 is 0 Å². The molecule has 0 spiro atoms. The second-order valence-corrected chi connectivity index (χ2v) is 6.10. The molecule has 0 bridgehead atoms. The van der Waals surface area contributed by atoms with Crippen molar-refractivity contribution >= 4 is 0 Å². The first-order chi connectivity index (χ1) is 8.22. The van der Waals surface area contributed by atoms with Gasteiger partial charge < -0.3 is 10.6 Å². The summed E-state index contributed by atoms with van der Waals surface area (Å²) in [6.45, 7) is 3.42. The maximum absolute atomic E-state index is 5.99. The van der Waals surface area contributed by atoms with Gasteiger partial charge in [0.1, 0.15) is 0 Å². The number of hydrogen-bond acceptors (Lipinski definition) is 3. The number of nitrogens with zero attached hydrogens (tertiary/aromatic N) is 2. The van der Waals surface area contributed by atoms with Gasteiger partial charge in [0.05, 0.1) is 0 Å². The standard InChI is InChI=1S/C14H29N3/c1-16(2)13-8-9-17(11-13)14-7-5-3-4-6-12(14)10-15/h12-14H,3-11,15H2,1-2H3. The fourth-order valence-corrected chi connectivity index (χ4v) is 3.61. The van der Waals surface area contributed by atoms with E-state index in [0.717, 1.165) is 24.5 Å². The van der Waals surface area contributed by atoms with Gasteiger partial charge in [0.2, 0.25) is 0 Å². The highest BCUT2D eigenvalue weighted by Crippen LogP contribution is 2.29. The summed E-state index contributed by atoms with van der Waals surface area (Å²) in [6, 6.07) is 1.53. The average Bonchev–Trinajstić information content (AvgIpc) is 2.68. The first kappa shape index (κ1) is 13.3. The lowest BCUT2D eigenvalue weighted by atomic mass is 9.94. The Kier molecular flexibility index (Phi) is 4.83. The predicted octanol–water partition coefficient (Wildman–Crippen LogP) is 1.53. The maximum Gasteiger partial charge on any atom is 0.0229 e. The monoisotopic (exact) mass is 239 g/mol. The van der Waals surface area contributed by atoms with E-state index in [1.165, 1.54) is 51.6 Å². The van der Waals surface area contributed by atoms with E-state index in [0.29, 0.717) is 0 Å². The summed E-state index contributed by atoms with van der Waals surface area (Å²) in [6.07, 6.45) is 8.28. The van der Waals surface area contributed by atoms with Gasteiger partial charge in [0.25, 0.3) is 0 Å². The largest absolute Gasteiger partial charge is 0.330 e. The molecule has 2 aliphatic rings. The Bertz CT molecular complexity index is 230. The Balaban J connectivity index is 1.95. The summed E-state index contributed by atoms with van der Waals surface area (Å²) < 4.78 is 0. The molecule has 1 aliphatic carbocycles. The zero-order valence-corrected chi connectivity index (χ0v) is 11.6. The molecule has 0 radical (unpaired) electrons. The summed E-state index contributed by atoms with van der Waals surface area (Å²) in [5, 5.41) is 0. The second-order valence-electron chi connectivity index (χ2n) is 6.10. The van der Waals surface area contributed by atoms with Crippen LogP contribution in [0.25, 0.3) is 0 Å². The van der Waals surface area contributed by atoms with Crippen molar-refractivity contribution in [3.05, 3.63) is 0 Å². The van der Waals surface area contributed by atoms with Crippen LogP contribution in [0.15, 0.2) is 0 Å². The van der Waals surface area contributed by atoms with E-state index in [2.05, 4.69) is 23.9 Å². The van der Waals surface area contributed by atoms with Gasteiger partial charge in [-0.25, -0.2) is 0 Å². The molecule has 3 heteroatoms. The highest BCUT2D eigenvalue weighted by Gasteiger charge is 2.33. The van der Waals surface area contributed by atoms with Crippen LogP contribution in [0.3, 0.4) is 0 Å². The maximum atomic E-state index is 5.99. The van der Waals surface area contributed by atoms with E-state index in [1.54, 1.807) is 0 Å². The smallest absolute Gasteiger partial charge is 0.0229 e. The summed E-state index contributed by atoms with van der Waals surface area (Å²) in [7, 11) is 4.42. The van der Waals surface area contributed by atoms with Crippen molar-refractivity contribution in [3.63, 3.8) is 0 Å². The van der Waals surface area contributed by atoms with Crippen LogP contribution in [0.1, 0.15) is 38.5 Å². The average molecular weight is 239 g/mol. The normalized spacial score (nSPS) is 36.4. The lowest BCUT2D eigenvalue weighted by Crippen LogP contribution is -2.43. The molecule has 3 atom stereocenters. The van der Waals surface area contributed by atoms with E-state index in [-0.39, 0.29) is 0 Å². The van der Waals surface area contributed by atoms with Gasteiger partial charge in [-0.2, -0.15) is 0 Å². The Morgan fingerprint density at radius 2 is 1.88 bits per heavy atom. The molecule has 0 aromatic heterocycles. The van der Waals surface area contributed by atoms with Gasteiger partial charge in [0.15, 0.2) is 0 Å². The zero-order valence-electron chi connectivity index (χ0n) is 11.6. The van der Waals surface area contributed by atoms with Crippen molar-refractivity contribution < 1.29 is 0 Å². The van der Waals surface area contributed by atoms with Crippen molar-refractivity contribution in [2.45, 2.75) is 50.6 Å². The summed E-state index contributed by atoms with van der Waals surface area (Å²) in [4.78, 5) is 5.11. The lowest BCUT2D eigenvalue weighted by molar-refractivity contribution is 0.154. The van der Waals surface area contributed by atoms with Crippen LogP contribution < -0.4 is 5.73 Å². The molecular weight excluding hydrogens is 210 g/mol. The van der Waals surface area contributed by atoms with Crippen LogP contribution in [-0.4, -0.2) is 55.6 Å². The van der Waals surface area contributed by atoms with Crippen LogP contribution in [-0.2, 0) is 0 Å². The quantitative estimate of drug-likeness (QED) is 0.758. The molecule has 17 heavy (non-hydrogen) atoms. The van der Waals surface area contributed by atoms with Gasteiger partial charge in [-0.05, 0) is 45.8 Å². The number of likely N-dealkylation sites (tertiary alicyclic amines) is 1. The Labute approximate surface area is 106 Å². The van der Waals surface area contributed by atoms with Gasteiger partial charge in [-0.15, -0.1) is 0 Å². The third-order valence-electron chi connectivity index (χ3n) is 4.82. The molecule has 0 aromatic rings. The third-order valence-corrected chi connectivity index (χ3v) is 4.82. The van der Waals surface area contributed by atoms with Crippen LogP contribution in [0.2, 0.25) is 0 Å². The molecular formula is C14H29N3. The Morgan fingerprint density at radius 3 is 2.53 bits per heavy atom. The number of nitrogens with two attached hydrogens (primary N) is 1. The van der Waals surface area contributed by atoms with Crippen molar-refractivity contribution in [3.8, 4) is 0 Å². The van der Waals surface area contributed by atoms with Crippen molar-refractivity contribution in [1.29, 1.82) is 0 Å². The molecule has 2 N–H and O–H groups in total. The van der Waals surface area contributed by atoms with Gasteiger partial charge >= 0.3 is 0 Å². The first-order valence-corrected chi connectivity index (χ1v) is 7.33. The molecule has 100 valence electrons. The molecule has 1 aliphatic heterocycles. The number of likely N-dealkylation sites (N-methyl/N-ethyl adjacent to an activating group) is 1. The SMILES string of the molecule is CN(C)C1CCN(C2CCCCCC2CN)C1. The minimum Gasteiger partial charge on any atom is -0.330 e. The van der Waals surface area contributed by atoms with E-state index in [4.69, 9.17) is 5.73 Å². The second kappa shape index (κ2) is 6.17. The minimum atomic E-state index is 0.749. The molecule has 1 heterocycles. The molecule has 0 amide bonds. The fourth-order valence-electron chi connectivity index (χ4n) is 3.61. The highest BCUT2D eigenvalue weighted by atomic mass is 15.2. The zero-order chi connectivity index (χ0) is 12.3. The first-order valence-electron chi connectivity index (χ1n) is 7.33. The fraction of sp³-hybridized carbons (Fsp3) is 1.00. The predicted molar refractivity (Wildman–Crippen MR) is 73.1 cm³/mol. The number of rotatable bonds is 3. The summed E-state index contributed by atoms with van der Waals surface area (Å²) in [5.74, 6) is 0.749. The molecule has 1 saturated carbocycles. The lowest BCUT2D eigenvalue weighted by Gasteiger charge is -2.33. The molecule has 3 unspecified atom stereocenters. The van der Waals surface area contributed by atoms with Gasteiger partial charge in [-0.3, -0.25) is 4.90 Å². The molecule has 1 saturated heterocycles. The summed E-state index contributed by atoms with van der Waals surface area (Å²) >= 11 is 0. The van der Waals surface area contributed by atoms with Crippen molar-refractivity contribution in [2.75, 3.05) is 33.7 Å². The summed E-state index contributed by atoms with van der Waals surface area (Å²) in [5.41, 5.74) is 5.99. The highest BCUT2D eigenvalue weighted by molar-refractivity contribution is 4.89. The number of hydrogen-bond donors (Lipinski definition) is 1. The molecule has 2 rings (SSSR count). The van der Waals surface area contributed by atoms with Gasteiger partial charge in [0, 0.05) is 25.2 Å². The minimum absolute atomic E-state index is 0.749. The van der Waals surface area contributed by atoms with Crippen LogP contribution >= 0.6 is 0 Å². The van der Waals surface area contributed by atoms with Crippen molar-refractivity contribution in [1.82, 2.24) is 9.80 Å². The topological polar surface area (TPSA) is 32.5 Å². The van der Waals surface area contributed by atoms with Crippen LogP contribution in [0.5, 0.6) is 0 Å². The Hall–Kier alpha value is -0.120. The van der Waals surface area contributed by atoms with E-state index >= 15 is 0 Å². The molecule has 3 nitrogen and oxygen atoms in total. The van der Waals surface area contributed by atoms with Crippen LogP contribution in [0.4, 0.5) is 0 Å². The van der Waals surface area contributed by atoms with Crippen LogP contribution in [0, 0.1) is 5.92 Å². The van der Waals surface area contributed by atoms with Crippen molar-refractivity contribution in [2.24, 2.45) is 11.7 Å². The Morgan fingerprint density at radius 1 is 1.12 bits per heavy atom. The van der Waals surface area contributed by atoms with E-state index in [9.17, 15) is 0 Å². The molecule has 2 fully saturated rings. The molecule has 0 aromatic carbocycles. The van der Waals surface area contributed by atoms with Gasteiger partial charge in [-0.1, -0.05) is 19.3 Å².